The highest BCUT2D eigenvalue weighted by Gasteiger charge is 2.41. The van der Waals surface area contributed by atoms with Crippen molar-refractivity contribution in [2.75, 3.05) is 4.90 Å². The lowest BCUT2D eigenvalue weighted by molar-refractivity contribution is -0.138. The van der Waals surface area contributed by atoms with Crippen LogP contribution in [0.15, 0.2) is 66.9 Å². The maximum Gasteiger partial charge on any atom is 0.417 e. The van der Waals surface area contributed by atoms with Crippen LogP contribution in [0.5, 0.6) is 0 Å². The van der Waals surface area contributed by atoms with Crippen molar-refractivity contribution in [3.63, 3.8) is 0 Å². The highest BCUT2D eigenvalue weighted by atomic mass is 19.4. The van der Waals surface area contributed by atoms with Crippen LogP contribution < -0.4 is 4.90 Å². The summed E-state index contributed by atoms with van der Waals surface area (Å²) in [5.74, 6) is -3.27. The third-order valence-corrected chi connectivity index (χ3v) is 5.74. The first-order chi connectivity index (χ1) is 17.9. The number of nitrogens with zero attached hydrogens (tertiary/aromatic N) is 4. The van der Waals surface area contributed by atoms with Crippen molar-refractivity contribution in [3.8, 4) is 0 Å². The van der Waals surface area contributed by atoms with Gasteiger partial charge in [0.25, 0.3) is 11.8 Å². The van der Waals surface area contributed by atoms with Gasteiger partial charge in [-0.2, -0.15) is 36.0 Å². The van der Waals surface area contributed by atoms with Gasteiger partial charge in [0.15, 0.2) is 5.65 Å². The van der Waals surface area contributed by atoms with Gasteiger partial charge < -0.3 is 0 Å². The van der Waals surface area contributed by atoms with Gasteiger partial charge in [-0.05, 0) is 37.1 Å². The molecule has 0 fully saturated rings. The van der Waals surface area contributed by atoms with Crippen LogP contribution in [0, 0.1) is 0 Å². The molecule has 198 valence electrons. The number of fused-ring (bicyclic) bond motifs is 1. The van der Waals surface area contributed by atoms with E-state index in [0.717, 1.165) is 47.3 Å². The summed E-state index contributed by atoms with van der Waals surface area (Å²) >= 11 is 0. The molecule has 2 aromatic heterocycles. The van der Waals surface area contributed by atoms with Gasteiger partial charge in [0.2, 0.25) is 0 Å². The highest BCUT2D eigenvalue weighted by Crippen LogP contribution is 2.36. The van der Waals surface area contributed by atoms with E-state index in [9.17, 15) is 35.9 Å². The van der Waals surface area contributed by atoms with Crippen LogP contribution in [0.1, 0.15) is 57.3 Å². The number of imide groups is 1. The van der Waals surface area contributed by atoms with Crippen LogP contribution >= 0.6 is 0 Å². The van der Waals surface area contributed by atoms with Crippen LogP contribution in [0.2, 0.25) is 0 Å². The number of carbonyl (C=O) groups excluding carboxylic acids is 2. The molecule has 0 bridgehead atoms. The zero-order valence-corrected chi connectivity index (χ0v) is 19.8. The lowest BCUT2D eigenvalue weighted by atomic mass is 10.0. The summed E-state index contributed by atoms with van der Waals surface area (Å²) in [7, 11) is 0. The SMILES string of the molecule is CCCCc1cc(N(C(=O)c2ccccc2C(F)(F)F)C(=O)c2ccccc2C(F)(F)F)n2nccc2n1. The lowest BCUT2D eigenvalue weighted by Crippen LogP contribution is -2.40. The van der Waals surface area contributed by atoms with Gasteiger partial charge in [0.05, 0.1) is 28.5 Å². The molecule has 0 aliphatic heterocycles. The Labute approximate surface area is 212 Å². The molecule has 0 saturated heterocycles. The number of hydrogen-bond acceptors (Lipinski definition) is 4. The molecule has 12 heteroatoms. The molecule has 0 saturated carbocycles. The van der Waals surface area contributed by atoms with Crippen LogP contribution in [0.4, 0.5) is 32.2 Å². The molecule has 0 N–H and O–H groups in total. The van der Waals surface area contributed by atoms with Crippen molar-refractivity contribution in [1.29, 1.82) is 0 Å². The molecule has 38 heavy (non-hydrogen) atoms. The van der Waals surface area contributed by atoms with Crippen molar-refractivity contribution in [2.24, 2.45) is 0 Å². The number of unbranched alkanes of at least 4 members (excludes halogenated alkanes) is 1. The Kier molecular flexibility index (Phi) is 7.25. The summed E-state index contributed by atoms with van der Waals surface area (Å²) in [6.45, 7) is 1.92. The zero-order chi connectivity index (χ0) is 27.7. The highest BCUT2D eigenvalue weighted by molar-refractivity contribution is 6.26. The molecule has 0 aliphatic carbocycles. The number of halogens is 6. The van der Waals surface area contributed by atoms with Gasteiger partial charge in [-0.15, -0.1) is 0 Å². The maximum absolute atomic E-state index is 13.8. The number of carbonyl (C=O) groups is 2. The van der Waals surface area contributed by atoms with Crippen molar-refractivity contribution < 1.29 is 35.9 Å². The maximum atomic E-state index is 13.8. The molecule has 0 unspecified atom stereocenters. The van der Waals surface area contributed by atoms with Crippen LogP contribution in [-0.2, 0) is 18.8 Å². The first-order valence-corrected chi connectivity index (χ1v) is 11.5. The summed E-state index contributed by atoms with van der Waals surface area (Å²) in [6, 6.07) is 10.2. The van der Waals surface area contributed by atoms with E-state index in [1.807, 2.05) is 6.92 Å². The summed E-state index contributed by atoms with van der Waals surface area (Å²) in [4.78, 5) is 32.2. The van der Waals surface area contributed by atoms with Gasteiger partial charge in [0, 0.05) is 17.8 Å². The number of alkyl halides is 6. The molecule has 2 amide bonds. The van der Waals surface area contributed by atoms with Crippen molar-refractivity contribution in [3.05, 3.63) is 94.8 Å². The number of benzene rings is 2. The zero-order valence-electron chi connectivity index (χ0n) is 19.8. The van der Waals surface area contributed by atoms with Gasteiger partial charge in [-0.25, -0.2) is 9.88 Å². The second-order valence-electron chi connectivity index (χ2n) is 8.34. The fourth-order valence-corrected chi connectivity index (χ4v) is 3.97. The number of hydrogen-bond donors (Lipinski definition) is 0. The molecule has 4 aromatic rings. The Hall–Kier alpha value is -4.22. The Morgan fingerprint density at radius 1 is 0.842 bits per heavy atom. The summed E-state index contributed by atoms with van der Waals surface area (Å²) in [5.41, 5.74) is -3.97. The second kappa shape index (κ2) is 10.3. The quantitative estimate of drug-likeness (QED) is 0.207. The van der Waals surface area contributed by atoms with E-state index in [0.29, 0.717) is 35.6 Å². The monoisotopic (exact) mass is 534 g/mol. The molecule has 0 radical (unpaired) electrons. The molecule has 4 rings (SSSR count). The Balaban J connectivity index is 1.99. The van der Waals surface area contributed by atoms with E-state index in [4.69, 9.17) is 0 Å². The molecule has 0 atom stereocenters. The predicted molar refractivity (Wildman–Crippen MR) is 126 cm³/mol. The van der Waals surface area contributed by atoms with E-state index >= 15 is 0 Å². The molecule has 2 heterocycles. The van der Waals surface area contributed by atoms with Crippen molar-refractivity contribution >= 4 is 23.3 Å². The summed E-state index contributed by atoms with van der Waals surface area (Å²) in [5, 5.41) is 4.02. The lowest BCUT2D eigenvalue weighted by Gasteiger charge is -2.25. The normalized spacial score (nSPS) is 12.1. The van der Waals surface area contributed by atoms with Gasteiger partial charge in [-0.3, -0.25) is 9.59 Å². The number of aryl methyl sites for hydroxylation is 1. The van der Waals surface area contributed by atoms with Gasteiger partial charge in [0.1, 0.15) is 5.82 Å². The fraction of sp³-hybridized carbons (Fsp3) is 0.231. The fourth-order valence-electron chi connectivity index (χ4n) is 3.97. The number of aromatic nitrogens is 3. The van der Waals surface area contributed by atoms with Crippen LogP contribution in [-0.4, -0.2) is 26.4 Å². The van der Waals surface area contributed by atoms with E-state index in [2.05, 4.69) is 10.1 Å². The minimum Gasteiger partial charge on any atom is -0.268 e. The standard InChI is InChI=1S/C26H20F6N4O2/c1-2-3-8-16-15-22(36-21(34-16)13-14-33-36)35(23(37)17-9-4-6-11-19(17)25(27,28)29)24(38)18-10-5-7-12-20(18)26(30,31)32/h4-7,9-15H,2-3,8H2,1H3. The molecular formula is C26H20F6N4O2. The minimum atomic E-state index is -4.98. The average Bonchev–Trinajstić information content (AvgIpc) is 3.35. The van der Waals surface area contributed by atoms with E-state index in [-0.39, 0.29) is 11.5 Å². The van der Waals surface area contributed by atoms with Gasteiger partial charge >= 0.3 is 12.4 Å². The van der Waals surface area contributed by atoms with Gasteiger partial charge in [-0.1, -0.05) is 37.6 Å². The number of rotatable bonds is 6. The minimum absolute atomic E-state index is 0.160. The first-order valence-electron chi connectivity index (χ1n) is 11.5. The summed E-state index contributed by atoms with van der Waals surface area (Å²) in [6.07, 6.45) is -6.85. The molecule has 2 aromatic carbocycles. The van der Waals surface area contributed by atoms with E-state index in [1.165, 1.54) is 18.3 Å². The number of anilines is 1. The van der Waals surface area contributed by atoms with Crippen molar-refractivity contribution in [1.82, 2.24) is 14.6 Å². The van der Waals surface area contributed by atoms with Crippen molar-refractivity contribution in [2.45, 2.75) is 38.5 Å². The molecule has 0 spiro atoms. The Morgan fingerprint density at radius 3 is 1.87 bits per heavy atom. The topological polar surface area (TPSA) is 67.6 Å². The molecule has 6 nitrogen and oxygen atoms in total. The smallest absolute Gasteiger partial charge is 0.268 e. The van der Waals surface area contributed by atoms with E-state index in [1.54, 1.807) is 0 Å². The van der Waals surface area contributed by atoms with Crippen LogP contribution in [0.25, 0.3) is 5.65 Å². The Morgan fingerprint density at radius 2 is 1.37 bits per heavy atom. The third-order valence-electron chi connectivity index (χ3n) is 5.74. The van der Waals surface area contributed by atoms with Crippen LogP contribution in [0.3, 0.4) is 0 Å². The molecule has 0 aliphatic rings. The average molecular weight is 534 g/mol. The number of amides is 2. The second-order valence-corrected chi connectivity index (χ2v) is 8.34. The third kappa shape index (κ3) is 5.24. The molecular weight excluding hydrogens is 514 g/mol. The van der Waals surface area contributed by atoms with E-state index < -0.39 is 46.4 Å². The largest absolute Gasteiger partial charge is 0.417 e. The Bertz CT molecular complexity index is 1420. The first kappa shape index (κ1) is 26.8. The summed E-state index contributed by atoms with van der Waals surface area (Å²) < 4.78 is 83.8. The predicted octanol–water partition coefficient (Wildman–Crippen LogP) is 6.60.